The molecule has 0 bridgehead atoms. The van der Waals surface area contributed by atoms with Crippen LogP contribution in [0.25, 0.3) is 0 Å². The smallest absolute Gasteiger partial charge is 0.244 e. The molecule has 98 valence electrons. The quantitative estimate of drug-likeness (QED) is 0.737. The highest BCUT2D eigenvalue weighted by Crippen LogP contribution is 2.13. The molecule has 0 spiro atoms. The first kappa shape index (κ1) is 14.4. The Bertz CT molecular complexity index is 453. The van der Waals surface area contributed by atoms with Gasteiger partial charge < -0.3 is 5.32 Å². The number of H-pyrrole nitrogens is 1. The van der Waals surface area contributed by atoms with Gasteiger partial charge in [-0.05, 0) is 32.9 Å². The lowest BCUT2D eigenvalue weighted by Gasteiger charge is -2.23. The van der Waals surface area contributed by atoms with Gasteiger partial charge in [0.1, 0.15) is 4.90 Å². The summed E-state index contributed by atoms with van der Waals surface area (Å²) in [7, 11) is -3.42. The first-order valence-electron chi connectivity index (χ1n) is 5.32. The highest BCUT2D eigenvalue weighted by atomic mass is 35.5. The van der Waals surface area contributed by atoms with Crippen molar-refractivity contribution in [3.05, 3.63) is 11.9 Å². The van der Waals surface area contributed by atoms with Crippen LogP contribution in [0, 0.1) is 6.92 Å². The third-order valence-electron chi connectivity index (χ3n) is 2.73. The van der Waals surface area contributed by atoms with E-state index in [4.69, 9.17) is 0 Å². The Labute approximate surface area is 107 Å². The van der Waals surface area contributed by atoms with E-state index in [0.717, 1.165) is 25.9 Å². The van der Waals surface area contributed by atoms with Gasteiger partial charge in [0.15, 0.2) is 0 Å². The van der Waals surface area contributed by atoms with Crippen molar-refractivity contribution in [2.45, 2.75) is 30.7 Å². The molecule has 1 fully saturated rings. The minimum Gasteiger partial charge on any atom is -0.317 e. The molecule has 6 nitrogen and oxygen atoms in total. The SMILES string of the molecule is Cc1[nH]ncc1S(=O)(=O)NC1CCNCC1.Cl. The van der Waals surface area contributed by atoms with Gasteiger partial charge in [-0.1, -0.05) is 0 Å². The van der Waals surface area contributed by atoms with Crippen molar-refractivity contribution in [2.75, 3.05) is 13.1 Å². The van der Waals surface area contributed by atoms with E-state index in [0.29, 0.717) is 5.69 Å². The van der Waals surface area contributed by atoms with E-state index in [1.807, 2.05) is 0 Å². The summed E-state index contributed by atoms with van der Waals surface area (Å²) in [6.45, 7) is 3.42. The van der Waals surface area contributed by atoms with Gasteiger partial charge in [0, 0.05) is 6.04 Å². The molecule has 8 heteroatoms. The van der Waals surface area contributed by atoms with Crippen molar-refractivity contribution in [2.24, 2.45) is 0 Å². The second-order valence-corrected chi connectivity index (χ2v) is 5.69. The summed E-state index contributed by atoms with van der Waals surface area (Å²) >= 11 is 0. The summed E-state index contributed by atoms with van der Waals surface area (Å²) in [5.74, 6) is 0. The number of halogens is 1. The number of nitrogens with zero attached hydrogens (tertiary/aromatic N) is 1. The van der Waals surface area contributed by atoms with Gasteiger partial charge in [-0.2, -0.15) is 5.10 Å². The molecule has 0 aromatic carbocycles. The molecule has 2 rings (SSSR count). The number of aromatic amines is 1. The fourth-order valence-electron chi connectivity index (χ4n) is 1.83. The van der Waals surface area contributed by atoms with Gasteiger partial charge in [0.05, 0.1) is 11.9 Å². The molecule has 17 heavy (non-hydrogen) atoms. The van der Waals surface area contributed by atoms with Crippen LogP contribution in [0.4, 0.5) is 0 Å². The number of sulfonamides is 1. The Hall–Kier alpha value is -0.630. The fourth-order valence-corrected chi connectivity index (χ4v) is 3.27. The third-order valence-corrected chi connectivity index (χ3v) is 4.37. The van der Waals surface area contributed by atoms with E-state index >= 15 is 0 Å². The maximum atomic E-state index is 12.0. The molecule has 0 saturated carbocycles. The second-order valence-electron chi connectivity index (χ2n) is 4.00. The predicted octanol–water partition coefficient (Wildman–Crippen LogP) is 0.170. The van der Waals surface area contributed by atoms with Crippen molar-refractivity contribution in [3.63, 3.8) is 0 Å². The molecule has 3 N–H and O–H groups in total. The minimum atomic E-state index is -3.42. The highest BCUT2D eigenvalue weighted by Gasteiger charge is 2.23. The van der Waals surface area contributed by atoms with Crippen LogP contribution < -0.4 is 10.0 Å². The van der Waals surface area contributed by atoms with Gasteiger partial charge in [-0.15, -0.1) is 12.4 Å². The van der Waals surface area contributed by atoms with Gasteiger partial charge in [-0.25, -0.2) is 13.1 Å². The van der Waals surface area contributed by atoms with E-state index in [-0.39, 0.29) is 23.3 Å². The number of nitrogens with one attached hydrogen (secondary N) is 3. The van der Waals surface area contributed by atoms with Crippen LogP contribution in [0.2, 0.25) is 0 Å². The maximum absolute atomic E-state index is 12.0. The minimum absolute atomic E-state index is 0. The lowest BCUT2D eigenvalue weighted by atomic mass is 10.1. The molecule has 1 saturated heterocycles. The molecule has 1 aliphatic heterocycles. The molecule has 1 aromatic heterocycles. The number of hydrogen-bond donors (Lipinski definition) is 3. The van der Waals surface area contributed by atoms with Crippen LogP contribution in [0.15, 0.2) is 11.1 Å². The first-order valence-corrected chi connectivity index (χ1v) is 6.81. The summed E-state index contributed by atoms with van der Waals surface area (Å²) in [5.41, 5.74) is 0.571. The number of aromatic nitrogens is 2. The van der Waals surface area contributed by atoms with Crippen molar-refractivity contribution in [1.82, 2.24) is 20.2 Å². The normalized spacial score (nSPS) is 17.7. The van der Waals surface area contributed by atoms with Gasteiger partial charge in [-0.3, -0.25) is 5.10 Å². The molecule has 1 aromatic rings. The number of rotatable bonds is 3. The van der Waals surface area contributed by atoms with E-state index < -0.39 is 10.0 Å². The van der Waals surface area contributed by atoms with Crippen LogP contribution in [0.1, 0.15) is 18.5 Å². The van der Waals surface area contributed by atoms with E-state index in [1.54, 1.807) is 6.92 Å². The van der Waals surface area contributed by atoms with Crippen LogP contribution in [-0.4, -0.2) is 37.7 Å². The number of aryl methyl sites for hydroxylation is 1. The Morgan fingerprint density at radius 2 is 2.06 bits per heavy atom. The Morgan fingerprint density at radius 1 is 1.41 bits per heavy atom. The summed E-state index contributed by atoms with van der Waals surface area (Å²) in [6.07, 6.45) is 3.00. The maximum Gasteiger partial charge on any atom is 0.244 e. The molecule has 1 aliphatic rings. The summed E-state index contributed by atoms with van der Waals surface area (Å²) < 4.78 is 26.7. The number of hydrogen-bond acceptors (Lipinski definition) is 4. The number of piperidine rings is 1. The van der Waals surface area contributed by atoms with Crippen molar-refractivity contribution >= 4 is 22.4 Å². The molecule has 0 amide bonds. The van der Waals surface area contributed by atoms with Crippen LogP contribution in [0.5, 0.6) is 0 Å². The van der Waals surface area contributed by atoms with Crippen LogP contribution in [-0.2, 0) is 10.0 Å². The molecular weight excluding hydrogens is 264 g/mol. The predicted molar refractivity (Wildman–Crippen MR) is 66.8 cm³/mol. The summed E-state index contributed by atoms with van der Waals surface area (Å²) in [5, 5.41) is 9.55. The molecule has 2 heterocycles. The zero-order chi connectivity index (χ0) is 11.6. The van der Waals surface area contributed by atoms with Gasteiger partial charge in [0.25, 0.3) is 0 Å². The van der Waals surface area contributed by atoms with Crippen molar-refractivity contribution < 1.29 is 8.42 Å². The van der Waals surface area contributed by atoms with E-state index in [2.05, 4.69) is 20.2 Å². The lowest BCUT2D eigenvalue weighted by Crippen LogP contribution is -2.42. The Kier molecular flexibility index (Phi) is 4.93. The summed E-state index contributed by atoms with van der Waals surface area (Å²) in [6, 6.07) is 0.0283. The zero-order valence-electron chi connectivity index (χ0n) is 9.56. The van der Waals surface area contributed by atoms with Gasteiger partial charge in [0.2, 0.25) is 10.0 Å². The average Bonchev–Trinajstić information content (AvgIpc) is 2.66. The monoisotopic (exact) mass is 280 g/mol. The van der Waals surface area contributed by atoms with E-state index in [1.165, 1.54) is 6.20 Å². The average molecular weight is 281 g/mol. The second kappa shape index (κ2) is 5.81. The largest absolute Gasteiger partial charge is 0.317 e. The van der Waals surface area contributed by atoms with E-state index in [9.17, 15) is 8.42 Å². The lowest BCUT2D eigenvalue weighted by molar-refractivity contribution is 0.427. The topological polar surface area (TPSA) is 86.9 Å². The van der Waals surface area contributed by atoms with Crippen LogP contribution in [0.3, 0.4) is 0 Å². The molecular formula is C9H17ClN4O2S. The highest BCUT2D eigenvalue weighted by molar-refractivity contribution is 7.89. The Balaban J connectivity index is 0.00000144. The van der Waals surface area contributed by atoms with Crippen molar-refractivity contribution in [3.8, 4) is 0 Å². The molecule has 0 atom stereocenters. The molecule has 0 unspecified atom stereocenters. The third kappa shape index (κ3) is 3.41. The molecule has 0 aliphatic carbocycles. The first-order chi connectivity index (χ1) is 7.59. The van der Waals surface area contributed by atoms with Crippen LogP contribution >= 0.6 is 12.4 Å². The molecule has 0 radical (unpaired) electrons. The fraction of sp³-hybridized carbons (Fsp3) is 0.667. The Morgan fingerprint density at radius 3 is 2.59 bits per heavy atom. The van der Waals surface area contributed by atoms with Crippen molar-refractivity contribution in [1.29, 1.82) is 0 Å². The standard InChI is InChI=1S/C9H16N4O2S.ClH/c1-7-9(6-11-12-7)16(14,15)13-8-2-4-10-5-3-8;/h6,8,10,13H,2-5H2,1H3,(H,11,12);1H. The summed E-state index contributed by atoms with van der Waals surface area (Å²) in [4.78, 5) is 0.242. The zero-order valence-corrected chi connectivity index (χ0v) is 11.2. The van der Waals surface area contributed by atoms with Gasteiger partial charge >= 0.3 is 0 Å².